The third-order valence-electron chi connectivity index (χ3n) is 3.03. The van der Waals surface area contributed by atoms with Gasteiger partial charge in [0.25, 0.3) is 6.43 Å². The number of carbonyl (C=O) groups is 1. The molecule has 0 radical (unpaired) electrons. The molecule has 0 aliphatic carbocycles. The van der Waals surface area contributed by atoms with E-state index < -0.39 is 29.5 Å². The van der Waals surface area contributed by atoms with Gasteiger partial charge in [-0.3, -0.25) is 0 Å². The van der Waals surface area contributed by atoms with Crippen molar-refractivity contribution in [2.75, 3.05) is 7.11 Å². The molecule has 0 N–H and O–H groups in total. The number of benzene rings is 1. The third-order valence-corrected chi connectivity index (χ3v) is 3.03. The van der Waals surface area contributed by atoms with Gasteiger partial charge in [-0.1, -0.05) is 0 Å². The standard InChI is InChI=1S/C16H11F4NO2/c1-23-16(22)10-6-13(9-2-4-11(18)5-3-9)21-14(7-10)12(8-17)15(19)20/h2-8,15H,1H3. The molecule has 2 aromatic rings. The molecule has 23 heavy (non-hydrogen) atoms. The minimum atomic E-state index is -3.11. The lowest BCUT2D eigenvalue weighted by Crippen LogP contribution is -2.06. The summed E-state index contributed by atoms with van der Waals surface area (Å²) in [6.45, 7) is 0. The summed E-state index contributed by atoms with van der Waals surface area (Å²) >= 11 is 0. The van der Waals surface area contributed by atoms with Crippen molar-refractivity contribution in [2.45, 2.75) is 6.43 Å². The van der Waals surface area contributed by atoms with E-state index in [1.165, 1.54) is 18.2 Å². The molecule has 0 bridgehead atoms. The Hall–Kier alpha value is -2.70. The summed E-state index contributed by atoms with van der Waals surface area (Å²) in [6, 6.07) is 7.34. The maximum Gasteiger partial charge on any atom is 0.338 e. The van der Waals surface area contributed by atoms with E-state index in [2.05, 4.69) is 9.72 Å². The predicted octanol–water partition coefficient (Wildman–Crippen LogP) is 4.25. The molecule has 0 aliphatic rings. The molecule has 0 aliphatic heterocycles. The van der Waals surface area contributed by atoms with Crippen molar-refractivity contribution < 1.29 is 27.1 Å². The fraction of sp³-hybridized carbons (Fsp3) is 0.125. The number of rotatable bonds is 4. The smallest absolute Gasteiger partial charge is 0.338 e. The molecule has 1 aromatic carbocycles. The van der Waals surface area contributed by atoms with Gasteiger partial charge in [-0.15, -0.1) is 0 Å². The first-order valence-electron chi connectivity index (χ1n) is 6.41. The number of halogens is 4. The number of pyridine rings is 1. The van der Waals surface area contributed by atoms with Crippen molar-refractivity contribution in [3.8, 4) is 11.3 Å². The summed E-state index contributed by atoms with van der Waals surface area (Å²) in [5.41, 5.74) is -0.936. The Bertz CT molecular complexity index is 742. The van der Waals surface area contributed by atoms with Gasteiger partial charge < -0.3 is 4.74 Å². The van der Waals surface area contributed by atoms with Crippen molar-refractivity contribution >= 4 is 11.5 Å². The Morgan fingerprint density at radius 2 is 1.87 bits per heavy atom. The fourth-order valence-electron chi connectivity index (χ4n) is 1.90. The SMILES string of the molecule is COC(=O)c1cc(C(=CF)C(F)F)nc(-c2ccc(F)cc2)c1. The van der Waals surface area contributed by atoms with Gasteiger partial charge in [-0.05, 0) is 36.4 Å². The lowest BCUT2D eigenvalue weighted by Gasteiger charge is -2.10. The monoisotopic (exact) mass is 325 g/mol. The van der Waals surface area contributed by atoms with E-state index in [4.69, 9.17) is 0 Å². The third kappa shape index (κ3) is 3.74. The van der Waals surface area contributed by atoms with Gasteiger partial charge in [0, 0.05) is 5.56 Å². The van der Waals surface area contributed by atoms with Gasteiger partial charge >= 0.3 is 5.97 Å². The topological polar surface area (TPSA) is 39.2 Å². The number of alkyl halides is 2. The highest BCUT2D eigenvalue weighted by Crippen LogP contribution is 2.26. The number of hydrogen-bond donors (Lipinski definition) is 0. The van der Waals surface area contributed by atoms with Crippen molar-refractivity contribution in [2.24, 2.45) is 0 Å². The fourth-order valence-corrected chi connectivity index (χ4v) is 1.90. The first-order chi connectivity index (χ1) is 11.0. The van der Waals surface area contributed by atoms with Crippen molar-refractivity contribution in [3.63, 3.8) is 0 Å². The van der Waals surface area contributed by atoms with Crippen LogP contribution in [0.5, 0.6) is 0 Å². The Morgan fingerprint density at radius 1 is 1.22 bits per heavy atom. The minimum absolute atomic E-state index is 0.0724. The van der Waals surface area contributed by atoms with E-state index in [9.17, 15) is 22.4 Å². The van der Waals surface area contributed by atoms with E-state index in [-0.39, 0.29) is 17.6 Å². The Kier molecular flexibility index (Phi) is 5.10. The largest absolute Gasteiger partial charge is 0.465 e. The van der Waals surface area contributed by atoms with Crippen molar-refractivity contribution in [1.82, 2.24) is 4.98 Å². The van der Waals surface area contributed by atoms with Gasteiger partial charge in [0.1, 0.15) is 5.82 Å². The maximum atomic E-state index is 13.0. The molecule has 0 amide bonds. The average Bonchev–Trinajstić information content (AvgIpc) is 2.54. The summed E-state index contributed by atoms with van der Waals surface area (Å²) < 4.78 is 56.0. The molecule has 0 unspecified atom stereocenters. The van der Waals surface area contributed by atoms with Gasteiger partial charge in [-0.25, -0.2) is 27.3 Å². The highest BCUT2D eigenvalue weighted by atomic mass is 19.3. The highest BCUT2D eigenvalue weighted by Gasteiger charge is 2.19. The second-order valence-electron chi connectivity index (χ2n) is 4.49. The summed E-state index contributed by atoms with van der Waals surface area (Å²) in [5.74, 6) is -1.28. The first kappa shape index (κ1) is 16.7. The molecule has 0 saturated carbocycles. The zero-order valence-electron chi connectivity index (χ0n) is 11.9. The zero-order chi connectivity index (χ0) is 17.0. The normalized spacial score (nSPS) is 11.7. The molecular weight excluding hydrogens is 314 g/mol. The molecular formula is C16H11F4NO2. The van der Waals surface area contributed by atoms with E-state index in [1.807, 2.05) is 0 Å². The molecule has 1 heterocycles. The van der Waals surface area contributed by atoms with Gasteiger partial charge in [0.2, 0.25) is 0 Å². The number of methoxy groups -OCH3 is 1. The van der Waals surface area contributed by atoms with Crippen LogP contribution in [0.1, 0.15) is 16.1 Å². The number of nitrogens with zero attached hydrogens (tertiary/aromatic N) is 1. The van der Waals surface area contributed by atoms with Crippen LogP contribution in [0.4, 0.5) is 17.6 Å². The predicted molar refractivity (Wildman–Crippen MR) is 76.1 cm³/mol. The molecule has 0 fully saturated rings. The van der Waals surface area contributed by atoms with Crippen LogP contribution in [-0.4, -0.2) is 24.5 Å². The second kappa shape index (κ2) is 7.04. The second-order valence-corrected chi connectivity index (χ2v) is 4.49. The lowest BCUT2D eigenvalue weighted by atomic mass is 10.1. The van der Waals surface area contributed by atoms with E-state index >= 15 is 0 Å². The number of hydrogen-bond acceptors (Lipinski definition) is 3. The highest BCUT2D eigenvalue weighted by molar-refractivity contribution is 5.91. The van der Waals surface area contributed by atoms with Gasteiger partial charge in [0.15, 0.2) is 0 Å². The average molecular weight is 325 g/mol. The maximum absolute atomic E-state index is 13.0. The van der Waals surface area contributed by atoms with Crippen LogP contribution in [-0.2, 0) is 4.74 Å². The summed E-state index contributed by atoms with van der Waals surface area (Å²) in [7, 11) is 1.12. The molecule has 0 spiro atoms. The lowest BCUT2D eigenvalue weighted by molar-refractivity contribution is 0.0600. The Morgan fingerprint density at radius 3 is 2.39 bits per heavy atom. The number of allylic oxidation sites excluding steroid dienone is 1. The molecule has 0 atom stereocenters. The van der Waals surface area contributed by atoms with E-state index in [0.717, 1.165) is 25.3 Å². The number of ether oxygens (including phenoxy) is 1. The minimum Gasteiger partial charge on any atom is -0.465 e. The Labute approximate surface area is 129 Å². The van der Waals surface area contributed by atoms with E-state index in [1.54, 1.807) is 0 Å². The van der Waals surface area contributed by atoms with Crippen LogP contribution in [0.3, 0.4) is 0 Å². The summed E-state index contributed by atoms with van der Waals surface area (Å²) in [5, 5.41) is 0. The summed E-state index contributed by atoms with van der Waals surface area (Å²) in [4.78, 5) is 15.6. The van der Waals surface area contributed by atoms with Gasteiger partial charge in [0.05, 0.1) is 36.0 Å². The number of esters is 1. The molecule has 0 saturated heterocycles. The van der Waals surface area contributed by atoms with E-state index in [0.29, 0.717) is 5.56 Å². The number of carbonyl (C=O) groups excluding carboxylic acids is 1. The van der Waals surface area contributed by atoms with Crippen molar-refractivity contribution in [3.05, 3.63) is 59.8 Å². The molecule has 1 aromatic heterocycles. The molecule has 120 valence electrons. The molecule has 3 nitrogen and oxygen atoms in total. The molecule has 7 heteroatoms. The summed E-state index contributed by atoms with van der Waals surface area (Å²) in [6.07, 6.45) is -3.37. The first-order valence-corrected chi connectivity index (χ1v) is 6.41. The Balaban J connectivity index is 2.62. The van der Waals surface area contributed by atoms with Crippen LogP contribution >= 0.6 is 0 Å². The van der Waals surface area contributed by atoms with Crippen LogP contribution in [0.25, 0.3) is 16.8 Å². The van der Waals surface area contributed by atoms with Gasteiger partial charge in [-0.2, -0.15) is 0 Å². The van der Waals surface area contributed by atoms with Crippen molar-refractivity contribution in [1.29, 1.82) is 0 Å². The van der Waals surface area contributed by atoms with Crippen LogP contribution < -0.4 is 0 Å². The van der Waals surface area contributed by atoms with Crippen LogP contribution in [0.15, 0.2) is 42.7 Å². The van der Waals surface area contributed by atoms with Crippen LogP contribution in [0.2, 0.25) is 0 Å². The zero-order valence-corrected chi connectivity index (χ0v) is 11.9. The van der Waals surface area contributed by atoms with Crippen LogP contribution in [0, 0.1) is 5.82 Å². The quantitative estimate of drug-likeness (QED) is 0.623. The number of aromatic nitrogens is 1. The molecule has 2 rings (SSSR count).